The van der Waals surface area contributed by atoms with Crippen LogP contribution in [-0.2, 0) is 4.79 Å². The number of para-hydroxylation sites is 1. The first-order valence-electron chi connectivity index (χ1n) is 8.10. The summed E-state index contributed by atoms with van der Waals surface area (Å²) < 4.78 is 4.69. The molecule has 0 saturated carbocycles. The van der Waals surface area contributed by atoms with Crippen molar-refractivity contribution in [2.24, 2.45) is 0 Å². The van der Waals surface area contributed by atoms with Gasteiger partial charge in [-0.1, -0.05) is 18.2 Å². The lowest BCUT2D eigenvalue weighted by Crippen LogP contribution is -2.17. The second kappa shape index (κ2) is 8.94. The fourth-order valence-electron chi connectivity index (χ4n) is 2.79. The lowest BCUT2D eigenvalue weighted by molar-refractivity contribution is -0.131. The van der Waals surface area contributed by atoms with Crippen LogP contribution < -0.4 is 4.74 Å². The molecule has 1 aliphatic rings. The van der Waals surface area contributed by atoms with E-state index in [0.29, 0.717) is 6.04 Å². The van der Waals surface area contributed by atoms with Crippen molar-refractivity contribution in [3.8, 4) is 5.75 Å². The molecule has 1 unspecified atom stereocenters. The minimum atomic E-state index is -1.11. The van der Waals surface area contributed by atoms with E-state index in [1.165, 1.54) is 44.0 Å². The van der Waals surface area contributed by atoms with Crippen molar-refractivity contribution in [2.75, 3.05) is 13.6 Å². The van der Waals surface area contributed by atoms with Gasteiger partial charge in [0.15, 0.2) is 0 Å². The Hall–Kier alpha value is -2.73. The molecule has 3 rings (SSSR count). The first kappa shape index (κ1) is 18.6. The van der Waals surface area contributed by atoms with Crippen LogP contribution in [-0.4, -0.2) is 40.5 Å². The molecule has 1 saturated heterocycles. The molecule has 2 aromatic rings. The van der Waals surface area contributed by atoms with E-state index in [0.717, 1.165) is 0 Å². The molecule has 0 amide bonds. The predicted molar refractivity (Wildman–Crippen MR) is 93.6 cm³/mol. The number of ether oxygens (including phenoxy) is 1. The number of nitrogens with zero attached hydrogens (tertiary/aromatic N) is 2. The van der Waals surface area contributed by atoms with Gasteiger partial charge in [0, 0.05) is 25.4 Å². The first-order valence-corrected chi connectivity index (χ1v) is 8.10. The zero-order chi connectivity index (χ0) is 18.2. The van der Waals surface area contributed by atoms with Gasteiger partial charge in [-0.15, -0.1) is 0 Å². The molecule has 132 valence electrons. The number of hydrogen-bond acceptors (Lipinski definition) is 5. The summed E-state index contributed by atoms with van der Waals surface area (Å²) >= 11 is 0. The first-order chi connectivity index (χ1) is 12.0. The van der Waals surface area contributed by atoms with Crippen molar-refractivity contribution in [3.63, 3.8) is 0 Å². The van der Waals surface area contributed by atoms with E-state index in [1.807, 2.05) is 18.5 Å². The molecule has 1 N–H and O–H groups in total. The molecule has 1 fully saturated rings. The van der Waals surface area contributed by atoms with Crippen molar-refractivity contribution in [1.82, 2.24) is 9.88 Å². The van der Waals surface area contributed by atoms with E-state index in [1.54, 1.807) is 12.1 Å². The van der Waals surface area contributed by atoms with E-state index in [-0.39, 0.29) is 11.3 Å². The highest BCUT2D eigenvalue weighted by molar-refractivity contribution is 5.91. The number of pyridine rings is 1. The molecule has 6 heteroatoms. The van der Waals surface area contributed by atoms with Gasteiger partial charge in [-0.05, 0) is 50.2 Å². The summed E-state index contributed by atoms with van der Waals surface area (Å²) in [6.07, 6.45) is 6.41. The standard InChI is InChI=1S/C10H14N2.C9H8O4/c1-12-7-3-5-10(12)9-4-2-6-11-8-9;1-6(10)13-8-5-3-2-4-7(8)9(11)12/h2,4,6,8,10H,3,5,7H2,1H3;2-5H,1H3,(H,11,12). The minimum absolute atomic E-state index is 0.0160. The van der Waals surface area contributed by atoms with Gasteiger partial charge in [-0.25, -0.2) is 4.79 Å². The van der Waals surface area contributed by atoms with Crippen molar-refractivity contribution in [2.45, 2.75) is 25.8 Å². The smallest absolute Gasteiger partial charge is 0.339 e. The number of benzene rings is 1. The van der Waals surface area contributed by atoms with E-state index in [9.17, 15) is 9.59 Å². The monoisotopic (exact) mass is 342 g/mol. The summed E-state index contributed by atoms with van der Waals surface area (Å²) in [5.41, 5.74) is 1.34. The van der Waals surface area contributed by atoms with Crippen molar-refractivity contribution >= 4 is 11.9 Å². The third-order valence-corrected chi connectivity index (χ3v) is 3.96. The van der Waals surface area contributed by atoms with Gasteiger partial charge in [-0.3, -0.25) is 14.7 Å². The zero-order valence-electron chi connectivity index (χ0n) is 14.4. The van der Waals surface area contributed by atoms with Crippen LogP contribution in [0.25, 0.3) is 0 Å². The van der Waals surface area contributed by atoms with Crippen LogP contribution in [0.4, 0.5) is 0 Å². The largest absolute Gasteiger partial charge is 0.478 e. The number of carbonyl (C=O) groups is 2. The zero-order valence-corrected chi connectivity index (χ0v) is 14.4. The Balaban J connectivity index is 0.000000181. The van der Waals surface area contributed by atoms with E-state index in [4.69, 9.17) is 5.11 Å². The van der Waals surface area contributed by atoms with Crippen LogP contribution in [0.5, 0.6) is 5.75 Å². The summed E-state index contributed by atoms with van der Waals surface area (Å²) in [6.45, 7) is 2.44. The van der Waals surface area contributed by atoms with Crippen LogP contribution in [0.15, 0.2) is 48.8 Å². The van der Waals surface area contributed by atoms with Crippen molar-refractivity contribution < 1.29 is 19.4 Å². The van der Waals surface area contributed by atoms with Gasteiger partial charge in [0.05, 0.1) is 0 Å². The molecule has 1 aromatic carbocycles. The van der Waals surface area contributed by atoms with Crippen LogP contribution in [0.1, 0.15) is 41.7 Å². The topological polar surface area (TPSA) is 79.7 Å². The maximum atomic E-state index is 10.6. The Labute approximate surface area is 147 Å². The molecule has 1 atom stereocenters. The van der Waals surface area contributed by atoms with Crippen LogP contribution in [0, 0.1) is 0 Å². The average molecular weight is 342 g/mol. The van der Waals surface area contributed by atoms with Crippen LogP contribution in [0.3, 0.4) is 0 Å². The predicted octanol–water partition coefficient (Wildman–Crippen LogP) is 3.16. The van der Waals surface area contributed by atoms with Gasteiger partial charge < -0.3 is 9.84 Å². The molecule has 0 bridgehead atoms. The number of rotatable bonds is 3. The van der Waals surface area contributed by atoms with Crippen LogP contribution in [0.2, 0.25) is 0 Å². The quantitative estimate of drug-likeness (QED) is 0.682. The highest BCUT2D eigenvalue weighted by Crippen LogP contribution is 2.29. The number of likely N-dealkylation sites (tertiary alicyclic amines) is 1. The van der Waals surface area contributed by atoms with E-state index < -0.39 is 11.9 Å². The molecule has 0 aliphatic carbocycles. The SMILES string of the molecule is CC(=O)Oc1ccccc1C(=O)O.CN1CCCC1c1cccnc1. The second-order valence-corrected chi connectivity index (χ2v) is 5.82. The number of carbonyl (C=O) groups excluding carboxylic acids is 1. The highest BCUT2D eigenvalue weighted by Gasteiger charge is 2.21. The molecule has 25 heavy (non-hydrogen) atoms. The fraction of sp³-hybridized carbons (Fsp3) is 0.316. The number of aromatic carboxylic acids is 1. The molecule has 0 spiro atoms. The van der Waals surface area contributed by atoms with E-state index >= 15 is 0 Å². The van der Waals surface area contributed by atoms with E-state index in [2.05, 4.69) is 27.7 Å². The third-order valence-electron chi connectivity index (χ3n) is 3.96. The Morgan fingerprint density at radius 2 is 2.00 bits per heavy atom. The molecule has 1 aliphatic heterocycles. The van der Waals surface area contributed by atoms with Crippen molar-refractivity contribution in [3.05, 3.63) is 59.9 Å². The summed E-state index contributed by atoms with van der Waals surface area (Å²) in [5.74, 6) is -1.58. The fourth-order valence-corrected chi connectivity index (χ4v) is 2.79. The number of carboxylic acids is 1. The maximum Gasteiger partial charge on any atom is 0.339 e. The second-order valence-electron chi connectivity index (χ2n) is 5.82. The van der Waals surface area contributed by atoms with Gasteiger partial charge in [-0.2, -0.15) is 0 Å². The van der Waals surface area contributed by atoms with Gasteiger partial charge in [0.25, 0.3) is 0 Å². The average Bonchev–Trinajstić information content (AvgIpc) is 3.02. The minimum Gasteiger partial charge on any atom is -0.478 e. The molecule has 0 radical (unpaired) electrons. The highest BCUT2D eigenvalue weighted by atomic mass is 16.5. The summed E-state index contributed by atoms with van der Waals surface area (Å²) in [5, 5.41) is 8.69. The number of hydrogen-bond donors (Lipinski definition) is 1. The Morgan fingerprint density at radius 3 is 2.56 bits per heavy atom. The lowest BCUT2D eigenvalue weighted by atomic mass is 10.1. The van der Waals surface area contributed by atoms with Crippen LogP contribution >= 0.6 is 0 Å². The summed E-state index contributed by atoms with van der Waals surface area (Å²) in [7, 11) is 2.19. The summed E-state index contributed by atoms with van der Waals surface area (Å²) in [6, 6.07) is 10.8. The third kappa shape index (κ3) is 5.39. The Bertz CT molecular complexity index is 718. The van der Waals surface area contributed by atoms with Crippen molar-refractivity contribution in [1.29, 1.82) is 0 Å². The maximum absolute atomic E-state index is 10.6. The normalized spacial score (nSPS) is 16.6. The molecular formula is C19H22N2O4. The van der Waals surface area contributed by atoms with Gasteiger partial charge in [0.1, 0.15) is 11.3 Å². The number of carboxylic acid groups (broad SMARTS) is 1. The number of aromatic nitrogens is 1. The molecule has 2 heterocycles. The number of esters is 1. The molecule has 1 aromatic heterocycles. The summed E-state index contributed by atoms with van der Waals surface area (Å²) in [4.78, 5) is 27.7. The Kier molecular flexibility index (Phi) is 6.65. The molecule has 6 nitrogen and oxygen atoms in total. The Morgan fingerprint density at radius 1 is 1.24 bits per heavy atom. The van der Waals surface area contributed by atoms with Gasteiger partial charge >= 0.3 is 11.9 Å². The molecular weight excluding hydrogens is 320 g/mol. The lowest BCUT2D eigenvalue weighted by Gasteiger charge is -2.18. The van der Waals surface area contributed by atoms with Gasteiger partial charge in [0.2, 0.25) is 0 Å².